The predicted molar refractivity (Wildman–Crippen MR) is 126 cm³/mol. The summed E-state index contributed by atoms with van der Waals surface area (Å²) in [5, 5.41) is 4.37. The number of carbonyl (C=O) groups is 1. The van der Waals surface area contributed by atoms with E-state index in [0.717, 1.165) is 41.6 Å². The highest BCUT2D eigenvalue weighted by molar-refractivity contribution is 7.99. The van der Waals surface area contributed by atoms with Crippen LogP contribution in [0.2, 0.25) is 0 Å². The highest BCUT2D eigenvalue weighted by atomic mass is 32.2. The number of thiophene rings is 1. The lowest BCUT2D eigenvalue weighted by atomic mass is 9.97. The predicted octanol–water partition coefficient (Wildman–Crippen LogP) is 5.11. The first-order chi connectivity index (χ1) is 14.5. The van der Waals surface area contributed by atoms with Crippen LogP contribution in [0.5, 0.6) is 0 Å². The summed E-state index contributed by atoms with van der Waals surface area (Å²) in [6.07, 6.45) is 5.25. The van der Waals surface area contributed by atoms with Crippen molar-refractivity contribution in [3.63, 3.8) is 0 Å². The minimum Gasteiger partial charge on any atom is -0.325 e. The number of anilines is 1. The van der Waals surface area contributed by atoms with Crippen molar-refractivity contribution < 1.29 is 4.79 Å². The number of benzene rings is 1. The van der Waals surface area contributed by atoms with E-state index >= 15 is 0 Å². The molecule has 1 N–H and O–H groups in total. The van der Waals surface area contributed by atoms with Crippen LogP contribution in [0.3, 0.4) is 0 Å². The highest BCUT2D eigenvalue weighted by Crippen LogP contribution is 2.34. The van der Waals surface area contributed by atoms with Crippen LogP contribution in [-0.2, 0) is 24.2 Å². The first-order valence-electron chi connectivity index (χ1n) is 10.6. The highest BCUT2D eigenvalue weighted by Gasteiger charge is 2.22. The van der Waals surface area contributed by atoms with Crippen LogP contribution < -0.4 is 10.9 Å². The zero-order valence-corrected chi connectivity index (χ0v) is 19.1. The topological polar surface area (TPSA) is 64.0 Å². The molecule has 2 aromatic heterocycles. The maximum absolute atomic E-state index is 13.4. The molecule has 3 aromatic rings. The summed E-state index contributed by atoms with van der Waals surface area (Å²) in [5.74, 6) is 0.615. The average Bonchev–Trinajstić information content (AvgIpc) is 3.11. The van der Waals surface area contributed by atoms with Gasteiger partial charge in [0.15, 0.2) is 5.16 Å². The number of para-hydroxylation sites is 1. The molecule has 0 atom stereocenters. The fraction of sp³-hybridized carbons (Fsp3) is 0.435. The Kier molecular flexibility index (Phi) is 6.58. The van der Waals surface area contributed by atoms with E-state index in [1.165, 1.54) is 28.6 Å². The van der Waals surface area contributed by atoms with Gasteiger partial charge >= 0.3 is 0 Å². The molecule has 158 valence electrons. The van der Waals surface area contributed by atoms with Crippen LogP contribution in [0.15, 0.2) is 40.3 Å². The number of thioether (sulfide) groups is 1. The molecule has 0 spiro atoms. The van der Waals surface area contributed by atoms with Gasteiger partial charge in [-0.2, -0.15) is 0 Å². The van der Waals surface area contributed by atoms with E-state index in [0.29, 0.717) is 17.6 Å². The second-order valence-electron chi connectivity index (χ2n) is 8.13. The number of aromatic nitrogens is 2. The van der Waals surface area contributed by atoms with E-state index in [4.69, 9.17) is 4.98 Å². The van der Waals surface area contributed by atoms with E-state index in [-0.39, 0.29) is 17.2 Å². The Labute approximate surface area is 184 Å². The number of nitrogens with zero attached hydrogens (tertiary/aromatic N) is 2. The largest absolute Gasteiger partial charge is 0.325 e. The lowest BCUT2D eigenvalue weighted by Crippen LogP contribution is -2.25. The van der Waals surface area contributed by atoms with E-state index in [9.17, 15) is 9.59 Å². The van der Waals surface area contributed by atoms with Gasteiger partial charge in [0.2, 0.25) is 5.91 Å². The van der Waals surface area contributed by atoms with Gasteiger partial charge in [-0.05, 0) is 55.7 Å². The molecule has 5 nitrogen and oxygen atoms in total. The number of hydrogen-bond donors (Lipinski definition) is 1. The van der Waals surface area contributed by atoms with Gasteiger partial charge in [-0.15, -0.1) is 11.3 Å². The Bertz CT molecular complexity index is 1100. The quantitative estimate of drug-likeness (QED) is 0.409. The molecule has 30 heavy (non-hydrogen) atoms. The summed E-state index contributed by atoms with van der Waals surface area (Å²) in [4.78, 5) is 32.9. The van der Waals surface area contributed by atoms with Crippen molar-refractivity contribution in [3.8, 4) is 0 Å². The number of fused-ring (bicyclic) bond motifs is 3. The molecule has 0 saturated carbocycles. The summed E-state index contributed by atoms with van der Waals surface area (Å²) >= 11 is 3.01. The summed E-state index contributed by atoms with van der Waals surface area (Å²) in [6.45, 7) is 4.94. The minimum atomic E-state index is -0.0959. The Balaban J connectivity index is 1.62. The van der Waals surface area contributed by atoms with E-state index in [1.807, 2.05) is 30.3 Å². The van der Waals surface area contributed by atoms with Crippen LogP contribution in [0.4, 0.5) is 5.69 Å². The molecular weight excluding hydrogens is 414 g/mol. The third kappa shape index (κ3) is 4.62. The maximum atomic E-state index is 13.4. The number of rotatable bonds is 7. The van der Waals surface area contributed by atoms with Gasteiger partial charge < -0.3 is 5.32 Å². The smallest absolute Gasteiger partial charge is 0.263 e. The molecular formula is C23H27N3O2S2. The molecule has 0 saturated heterocycles. The number of aryl methyl sites for hydroxylation is 2. The summed E-state index contributed by atoms with van der Waals surface area (Å²) in [7, 11) is 0. The number of hydrogen-bond acceptors (Lipinski definition) is 5. The van der Waals surface area contributed by atoms with Gasteiger partial charge in [0.1, 0.15) is 4.83 Å². The molecule has 1 aromatic carbocycles. The Hall–Kier alpha value is -2.12. The monoisotopic (exact) mass is 441 g/mol. The van der Waals surface area contributed by atoms with Crippen LogP contribution in [0.1, 0.15) is 43.6 Å². The van der Waals surface area contributed by atoms with Gasteiger partial charge in [-0.1, -0.05) is 43.8 Å². The van der Waals surface area contributed by atoms with Crippen molar-refractivity contribution in [1.82, 2.24) is 9.55 Å². The molecule has 0 radical (unpaired) electrons. The molecule has 0 fully saturated rings. The summed E-state index contributed by atoms with van der Waals surface area (Å²) < 4.78 is 1.80. The van der Waals surface area contributed by atoms with Gasteiger partial charge in [0.25, 0.3) is 5.56 Å². The third-order valence-corrected chi connectivity index (χ3v) is 7.52. The van der Waals surface area contributed by atoms with Crippen molar-refractivity contribution in [2.75, 3.05) is 11.1 Å². The molecule has 0 bridgehead atoms. The Morgan fingerprint density at radius 1 is 1.23 bits per heavy atom. The molecule has 1 aliphatic rings. The van der Waals surface area contributed by atoms with Crippen molar-refractivity contribution >= 4 is 44.9 Å². The van der Waals surface area contributed by atoms with E-state index < -0.39 is 0 Å². The maximum Gasteiger partial charge on any atom is 0.263 e. The molecule has 1 amide bonds. The second kappa shape index (κ2) is 9.35. The van der Waals surface area contributed by atoms with Crippen LogP contribution in [-0.4, -0.2) is 21.2 Å². The summed E-state index contributed by atoms with van der Waals surface area (Å²) in [5.41, 5.74) is 2.05. The summed E-state index contributed by atoms with van der Waals surface area (Å²) in [6, 6.07) is 9.42. The fourth-order valence-corrected chi connectivity index (χ4v) is 5.89. The fourth-order valence-electron chi connectivity index (χ4n) is 3.76. The van der Waals surface area contributed by atoms with Crippen LogP contribution >= 0.6 is 23.1 Å². The zero-order chi connectivity index (χ0) is 21.1. The SMILES string of the molecule is CC(C)CCn1c(SCC(=O)Nc2ccccc2)nc2sc3c(c2c1=O)CCCC3. The van der Waals surface area contributed by atoms with Crippen molar-refractivity contribution in [3.05, 3.63) is 51.1 Å². The molecule has 1 aliphatic carbocycles. The van der Waals surface area contributed by atoms with Crippen molar-refractivity contribution in [1.29, 1.82) is 0 Å². The van der Waals surface area contributed by atoms with Gasteiger partial charge in [-0.25, -0.2) is 4.98 Å². The van der Waals surface area contributed by atoms with E-state index in [2.05, 4.69) is 19.2 Å². The molecule has 0 unspecified atom stereocenters. The normalized spacial score (nSPS) is 13.6. The Morgan fingerprint density at radius 3 is 2.77 bits per heavy atom. The molecule has 2 heterocycles. The number of carbonyl (C=O) groups excluding carboxylic acids is 1. The van der Waals surface area contributed by atoms with Crippen molar-refractivity contribution in [2.45, 2.75) is 57.7 Å². The van der Waals surface area contributed by atoms with Crippen LogP contribution in [0, 0.1) is 5.92 Å². The van der Waals surface area contributed by atoms with Gasteiger partial charge in [0.05, 0.1) is 11.1 Å². The first kappa shape index (κ1) is 21.1. The number of amides is 1. The minimum absolute atomic E-state index is 0.0611. The second-order valence-corrected chi connectivity index (χ2v) is 10.2. The first-order valence-corrected chi connectivity index (χ1v) is 12.4. The van der Waals surface area contributed by atoms with Gasteiger partial charge in [-0.3, -0.25) is 14.2 Å². The van der Waals surface area contributed by atoms with Crippen LogP contribution in [0.25, 0.3) is 10.2 Å². The molecule has 0 aliphatic heterocycles. The average molecular weight is 442 g/mol. The number of nitrogens with one attached hydrogen (secondary N) is 1. The third-order valence-electron chi connectivity index (χ3n) is 5.36. The standard InChI is InChI=1S/C23H27N3O2S2/c1-15(2)12-13-26-22(28)20-17-10-6-7-11-18(17)30-21(20)25-23(26)29-14-19(27)24-16-8-4-3-5-9-16/h3-5,8-9,15H,6-7,10-14H2,1-2H3,(H,24,27). The van der Waals surface area contributed by atoms with E-state index in [1.54, 1.807) is 15.9 Å². The lowest BCUT2D eigenvalue weighted by Gasteiger charge is -2.14. The lowest BCUT2D eigenvalue weighted by molar-refractivity contribution is -0.113. The zero-order valence-electron chi connectivity index (χ0n) is 17.4. The molecule has 4 rings (SSSR count). The Morgan fingerprint density at radius 2 is 2.00 bits per heavy atom. The molecule has 7 heteroatoms. The van der Waals surface area contributed by atoms with Gasteiger partial charge in [0, 0.05) is 17.1 Å². The van der Waals surface area contributed by atoms with Crippen molar-refractivity contribution in [2.24, 2.45) is 5.92 Å².